The number of carbonyl (C=O) groups excluding carboxylic acids is 3. The van der Waals surface area contributed by atoms with Crippen molar-refractivity contribution in [1.82, 2.24) is 9.69 Å². The molecule has 0 saturated carbocycles. The molecule has 0 radical (unpaired) electrons. The maximum absolute atomic E-state index is 14.5. The van der Waals surface area contributed by atoms with Crippen molar-refractivity contribution in [2.24, 2.45) is 5.73 Å². The lowest BCUT2D eigenvalue weighted by atomic mass is 9.98. The van der Waals surface area contributed by atoms with Crippen LogP contribution in [0.15, 0.2) is 60.7 Å². The van der Waals surface area contributed by atoms with E-state index in [1.165, 1.54) is 26.2 Å². The van der Waals surface area contributed by atoms with Crippen molar-refractivity contribution in [2.75, 3.05) is 32.0 Å². The second-order valence-corrected chi connectivity index (χ2v) is 10.4. The maximum atomic E-state index is 14.5. The Morgan fingerprint density at radius 3 is 2.16 bits per heavy atom. The second-order valence-electron chi connectivity index (χ2n) is 9.60. The average molecular weight is 604 g/mol. The van der Waals surface area contributed by atoms with E-state index in [2.05, 4.69) is 9.69 Å². The number of rotatable bonds is 11. The minimum atomic E-state index is -1.26. The lowest BCUT2D eigenvalue weighted by Crippen LogP contribution is -2.44. The molecule has 1 atom stereocenters. The molecule has 224 valence electrons. The first kappa shape index (κ1) is 30.8. The molecule has 0 aliphatic rings. The largest absolute Gasteiger partial charge is 0.493 e. The summed E-state index contributed by atoms with van der Waals surface area (Å²) in [6, 6.07) is 16.8. The Morgan fingerprint density at radius 2 is 1.60 bits per heavy atom. The number of aromatic nitrogens is 1. The van der Waals surface area contributed by atoms with Gasteiger partial charge in [0.15, 0.2) is 17.2 Å². The lowest BCUT2D eigenvalue weighted by molar-refractivity contribution is -0.122. The van der Waals surface area contributed by atoms with Gasteiger partial charge in [0.05, 0.1) is 27.0 Å². The van der Waals surface area contributed by atoms with Gasteiger partial charge in [0, 0.05) is 12.2 Å². The Hall–Kier alpha value is -5.10. The summed E-state index contributed by atoms with van der Waals surface area (Å²) >= 11 is 0.733. The van der Waals surface area contributed by atoms with E-state index < -0.39 is 23.8 Å². The minimum absolute atomic E-state index is 0.0389. The molecule has 0 spiro atoms. The molecule has 5 N–H and O–H groups in total. The Morgan fingerprint density at radius 1 is 0.953 bits per heavy atom. The number of aryl methyl sites for hydroxylation is 1. The highest BCUT2D eigenvalue weighted by molar-refractivity contribution is 7.09. The summed E-state index contributed by atoms with van der Waals surface area (Å²) in [6.45, 7) is 3.95. The SMILES string of the molecule is COc1cc(C(C(=O)NCc2ccccc2)N(C(=O)c2snc(C(N)=O)c2N)c2cccc(C)c2C)cc(OC)c1OC. The number of amides is 3. The summed E-state index contributed by atoms with van der Waals surface area (Å²) < 4.78 is 20.7. The fourth-order valence-corrected chi connectivity index (χ4v) is 5.40. The summed E-state index contributed by atoms with van der Waals surface area (Å²) in [4.78, 5) is 42.0. The number of methoxy groups -OCH3 is 3. The van der Waals surface area contributed by atoms with Gasteiger partial charge in [-0.25, -0.2) is 0 Å². The molecule has 1 aromatic heterocycles. The van der Waals surface area contributed by atoms with Gasteiger partial charge >= 0.3 is 0 Å². The Balaban J connectivity index is 1.97. The van der Waals surface area contributed by atoms with Crippen molar-refractivity contribution < 1.29 is 28.6 Å². The first-order valence-electron chi connectivity index (χ1n) is 13.2. The van der Waals surface area contributed by atoms with Crippen LogP contribution in [0.1, 0.15) is 48.5 Å². The van der Waals surface area contributed by atoms with E-state index >= 15 is 0 Å². The number of anilines is 2. The number of nitrogens with one attached hydrogen (secondary N) is 1. The number of hydrogen-bond donors (Lipinski definition) is 3. The summed E-state index contributed by atoms with van der Waals surface area (Å²) in [5, 5.41) is 2.97. The van der Waals surface area contributed by atoms with Crippen LogP contribution in [0.25, 0.3) is 0 Å². The quantitative estimate of drug-likeness (QED) is 0.230. The molecule has 4 aromatic rings. The third-order valence-electron chi connectivity index (χ3n) is 7.03. The zero-order chi connectivity index (χ0) is 31.3. The van der Waals surface area contributed by atoms with E-state index in [-0.39, 0.29) is 22.8 Å². The highest BCUT2D eigenvalue weighted by Gasteiger charge is 2.38. The number of nitrogens with zero attached hydrogens (tertiary/aromatic N) is 2. The molecule has 0 saturated heterocycles. The molecule has 43 heavy (non-hydrogen) atoms. The Kier molecular flexibility index (Phi) is 9.51. The molecular weight excluding hydrogens is 570 g/mol. The van der Waals surface area contributed by atoms with Gasteiger partial charge in [0.1, 0.15) is 10.9 Å². The van der Waals surface area contributed by atoms with Crippen LogP contribution in [0.3, 0.4) is 0 Å². The van der Waals surface area contributed by atoms with E-state index in [0.29, 0.717) is 28.5 Å². The van der Waals surface area contributed by atoms with Crippen LogP contribution in [0.4, 0.5) is 11.4 Å². The van der Waals surface area contributed by atoms with Gasteiger partial charge in [-0.2, -0.15) is 4.37 Å². The first-order chi connectivity index (χ1) is 20.6. The fraction of sp³-hybridized carbons (Fsp3) is 0.226. The Bertz CT molecular complexity index is 1630. The third kappa shape index (κ3) is 6.24. The smallest absolute Gasteiger partial charge is 0.273 e. The van der Waals surface area contributed by atoms with Crippen LogP contribution >= 0.6 is 11.5 Å². The molecule has 0 aliphatic carbocycles. The van der Waals surface area contributed by atoms with Crippen molar-refractivity contribution >= 4 is 40.6 Å². The second kappa shape index (κ2) is 13.3. The summed E-state index contributed by atoms with van der Waals surface area (Å²) in [5.74, 6) is -1.11. The van der Waals surface area contributed by atoms with Crippen LogP contribution in [-0.4, -0.2) is 43.4 Å². The standard InChI is InChI=1S/C31H33N5O6S/c1-17-10-9-13-21(18(17)2)36(31(39)28-24(32)25(29(33)37)35-43-28)26(30(38)34-16-19-11-7-6-8-12-19)20-14-22(40-3)27(42-5)23(15-20)41-4/h6-15,26H,16,32H2,1-5H3,(H2,33,37)(H,34,38). The molecule has 4 rings (SSSR count). The fourth-order valence-electron chi connectivity index (χ4n) is 4.66. The number of primary amides is 1. The molecule has 1 unspecified atom stereocenters. The van der Waals surface area contributed by atoms with Crippen LogP contribution < -0.4 is 35.9 Å². The van der Waals surface area contributed by atoms with Gasteiger partial charge in [-0.15, -0.1) is 0 Å². The molecule has 3 amide bonds. The van der Waals surface area contributed by atoms with Gasteiger partial charge in [-0.3, -0.25) is 19.3 Å². The van der Waals surface area contributed by atoms with Gasteiger partial charge < -0.3 is 31.0 Å². The summed E-state index contributed by atoms with van der Waals surface area (Å²) in [5.41, 5.74) is 14.6. The molecule has 11 nitrogen and oxygen atoms in total. The number of hydrogen-bond acceptors (Lipinski definition) is 9. The molecule has 1 heterocycles. The van der Waals surface area contributed by atoms with Gasteiger partial charge in [0.2, 0.25) is 11.7 Å². The number of benzene rings is 3. The van der Waals surface area contributed by atoms with E-state index in [1.807, 2.05) is 50.2 Å². The number of nitrogen functional groups attached to an aromatic ring is 1. The lowest BCUT2D eigenvalue weighted by Gasteiger charge is -2.33. The van der Waals surface area contributed by atoms with Crippen molar-refractivity contribution in [2.45, 2.75) is 26.4 Å². The van der Waals surface area contributed by atoms with Crippen LogP contribution in [-0.2, 0) is 11.3 Å². The van der Waals surface area contributed by atoms with E-state index in [0.717, 1.165) is 28.2 Å². The van der Waals surface area contributed by atoms with Crippen molar-refractivity contribution in [3.63, 3.8) is 0 Å². The molecule has 0 bridgehead atoms. The monoisotopic (exact) mass is 603 g/mol. The van der Waals surface area contributed by atoms with Crippen molar-refractivity contribution in [3.8, 4) is 17.2 Å². The van der Waals surface area contributed by atoms with Gasteiger partial charge in [-0.1, -0.05) is 42.5 Å². The predicted molar refractivity (Wildman–Crippen MR) is 165 cm³/mol. The zero-order valence-corrected chi connectivity index (χ0v) is 25.3. The zero-order valence-electron chi connectivity index (χ0n) is 24.5. The van der Waals surface area contributed by atoms with Crippen molar-refractivity contribution in [3.05, 3.63) is 93.5 Å². The molecular formula is C31H33N5O6S. The third-order valence-corrected chi connectivity index (χ3v) is 7.88. The topological polar surface area (TPSA) is 159 Å². The highest BCUT2D eigenvalue weighted by Crippen LogP contribution is 2.43. The highest BCUT2D eigenvalue weighted by atomic mass is 32.1. The van der Waals surface area contributed by atoms with Crippen molar-refractivity contribution in [1.29, 1.82) is 0 Å². The van der Waals surface area contributed by atoms with E-state index in [1.54, 1.807) is 24.3 Å². The average Bonchev–Trinajstić information content (AvgIpc) is 3.41. The van der Waals surface area contributed by atoms with Gasteiger partial charge in [-0.05, 0) is 65.8 Å². The first-order valence-corrected chi connectivity index (χ1v) is 14.0. The normalized spacial score (nSPS) is 11.4. The number of ether oxygens (including phenoxy) is 3. The summed E-state index contributed by atoms with van der Waals surface area (Å²) in [6.07, 6.45) is 0. The van der Waals surface area contributed by atoms with E-state index in [9.17, 15) is 14.4 Å². The molecule has 3 aromatic carbocycles. The van der Waals surface area contributed by atoms with Crippen LogP contribution in [0.5, 0.6) is 17.2 Å². The molecule has 0 aliphatic heterocycles. The predicted octanol–water partition coefficient (Wildman–Crippen LogP) is 4.17. The Labute approximate surface area is 253 Å². The maximum Gasteiger partial charge on any atom is 0.273 e. The molecule has 12 heteroatoms. The number of nitrogens with two attached hydrogens (primary N) is 2. The number of carbonyl (C=O) groups is 3. The van der Waals surface area contributed by atoms with E-state index in [4.69, 9.17) is 25.7 Å². The molecule has 0 fully saturated rings. The van der Waals surface area contributed by atoms with Crippen LogP contribution in [0, 0.1) is 13.8 Å². The van der Waals surface area contributed by atoms with Crippen LogP contribution in [0.2, 0.25) is 0 Å². The summed E-state index contributed by atoms with van der Waals surface area (Å²) in [7, 11) is 4.39. The minimum Gasteiger partial charge on any atom is -0.493 e. The van der Waals surface area contributed by atoms with Gasteiger partial charge in [0.25, 0.3) is 11.8 Å².